The van der Waals surface area contributed by atoms with E-state index in [0.29, 0.717) is 45.3 Å². The van der Waals surface area contributed by atoms with E-state index in [2.05, 4.69) is 32.6 Å². The summed E-state index contributed by atoms with van der Waals surface area (Å²) in [4.78, 5) is 68.5. The van der Waals surface area contributed by atoms with Gasteiger partial charge in [-0.2, -0.15) is 12.7 Å². The van der Waals surface area contributed by atoms with Gasteiger partial charge in [-0.05, 0) is 55.8 Å². The molecule has 5 amide bonds. The third-order valence-corrected chi connectivity index (χ3v) is 11.6. The molecule has 0 aromatic heterocycles. The molecule has 1 unspecified atom stereocenters. The average Bonchev–Trinajstić information content (AvgIpc) is 3.72. The van der Waals surface area contributed by atoms with Crippen LogP contribution in [0.1, 0.15) is 91.4 Å². The fourth-order valence-electron chi connectivity index (χ4n) is 6.87. The van der Waals surface area contributed by atoms with Crippen molar-refractivity contribution in [3.63, 3.8) is 0 Å². The second-order valence-electron chi connectivity index (χ2n) is 14.8. The fraction of sp³-hybridized carbons (Fsp3) is 0.788. The number of carbonyl (C=O) groups is 5. The number of hydrogen-bond donors (Lipinski definition) is 5. The molecule has 2 heterocycles. The maximum atomic E-state index is 14.3. The number of likely N-dealkylation sites (tertiary alicyclic amines) is 1. The van der Waals surface area contributed by atoms with E-state index < -0.39 is 63.4 Å². The summed E-state index contributed by atoms with van der Waals surface area (Å²) in [6.07, 6.45) is 9.72. The first kappa shape index (κ1) is 37.8. The molecular weight excluding hydrogens is 638 g/mol. The standard InChI is InChI=1S/C33H55N7O7S/c1-5-16-34-30(43)28(41)24(20-22-14-15-22)36-29(42)25-13-9-19-40(25)31(44)27(23-11-7-6-8-12-23)38-32(45)37-26(33(2,3)4)21-39-18-10-17-35-48(39,46)47/h5,22-27,35H,1,6-21H2,2-4H3,(H,34,43)(H,36,42)(H2,37,38,45)/t24?,25-,26+,27-/m0/s1. The highest BCUT2D eigenvalue weighted by atomic mass is 32.2. The first-order valence-corrected chi connectivity index (χ1v) is 19.0. The van der Waals surface area contributed by atoms with E-state index in [1.54, 1.807) is 0 Å². The molecule has 0 bridgehead atoms. The van der Waals surface area contributed by atoms with Crippen molar-refractivity contribution in [1.82, 2.24) is 35.2 Å². The zero-order valence-corrected chi connectivity index (χ0v) is 29.5. The summed E-state index contributed by atoms with van der Waals surface area (Å²) in [6.45, 7) is 10.6. The lowest BCUT2D eigenvalue weighted by molar-refractivity contribution is -0.143. The molecule has 4 fully saturated rings. The Morgan fingerprint density at radius 2 is 1.62 bits per heavy atom. The zero-order chi connectivity index (χ0) is 35.1. The van der Waals surface area contributed by atoms with E-state index in [9.17, 15) is 32.4 Å². The normalized spacial score (nSPS) is 23.7. The Morgan fingerprint density at radius 1 is 0.917 bits per heavy atom. The summed E-state index contributed by atoms with van der Waals surface area (Å²) in [7, 11) is -3.65. The molecule has 4 aliphatic rings. The first-order chi connectivity index (χ1) is 22.7. The van der Waals surface area contributed by atoms with Crippen LogP contribution in [0.5, 0.6) is 0 Å². The summed E-state index contributed by atoms with van der Waals surface area (Å²) < 4.78 is 29.1. The Hall–Kier alpha value is -3.04. The Kier molecular flexibility index (Phi) is 13.0. The van der Waals surface area contributed by atoms with Gasteiger partial charge in [0, 0.05) is 38.8 Å². The van der Waals surface area contributed by atoms with Crippen molar-refractivity contribution >= 4 is 39.7 Å². The van der Waals surface area contributed by atoms with Crippen LogP contribution in [0.25, 0.3) is 0 Å². The molecule has 4 atom stereocenters. The number of Topliss-reactive ketones (excluding diaryl/α,β-unsaturated/α-hetero) is 1. The average molecular weight is 694 g/mol. The van der Waals surface area contributed by atoms with Gasteiger partial charge in [-0.1, -0.05) is 59.0 Å². The van der Waals surface area contributed by atoms with Gasteiger partial charge >= 0.3 is 6.03 Å². The number of rotatable bonds is 14. The Balaban J connectivity index is 1.47. The summed E-state index contributed by atoms with van der Waals surface area (Å²) in [6, 6.07) is -3.82. The van der Waals surface area contributed by atoms with Crippen molar-refractivity contribution in [2.24, 2.45) is 17.3 Å². The van der Waals surface area contributed by atoms with Crippen molar-refractivity contribution in [2.75, 3.05) is 32.7 Å². The quantitative estimate of drug-likeness (QED) is 0.134. The predicted octanol–water partition coefficient (Wildman–Crippen LogP) is 1.34. The minimum atomic E-state index is -3.65. The number of urea groups is 1. The molecule has 0 aromatic rings. The maximum absolute atomic E-state index is 14.3. The summed E-state index contributed by atoms with van der Waals surface area (Å²) in [5, 5.41) is 11.2. The second-order valence-corrected chi connectivity index (χ2v) is 16.6. The number of carbonyl (C=O) groups excluding carboxylic acids is 5. The van der Waals surface area contributed by atoms with E-state index in [1.165, 1.54) is 15.3 Å². The van der Waals surface area contributed by atoms with Crippen LogP contribution in [-0.2, 0) is 29.4 Å². The van der Waals surface area contributed by atoms with Gasteiger partial charge in [0.2, 0.25) is 17.6 Å². The highest BCUT2D eigenvalue weighted by Gasteiger charge is 2.43. The highest BCUT2D eigenvalue weighted by Crippen LogP contribution is 2.34. The molecule has 0 aromatic carbocycles. The molecule has 4 rings (SSSR count). The van der Waals surface area contributed by atoms with E-state index in [-0.39, 0.29) is 30.8 Å². The van der Waals surface area contributed by atoms with Crippen molar-refractivity contribution in [2.45, 2.75) is 116 Å². The Morgan fingerprint density at radius 3 is 2.25 bits per heavy atom. The minimum Gasteiger partial charge on any atom is -0.346 e. The summed E-state index contributed by atoms with van der Waals surface area (Å²) >= 11 is 0. The van der Waals surface area contributed by atoms with E-state index in [1.807, 2.05) is 20.8 Å². The Labute approximate surface area is 285 Å². The third-order valence-electron chi connectivity index (χ3n) is 9.99. The lowest BCUT2D eigenvalue weighted by atomic mass is 9.83. The molecule has 2 saturated carbocycles. The third kappa shape index (κ3) is 10.2. The van der Waals surface area contributed by atoms with Crippen LogP contribution in [0.2, 0.25) is 0 Å². The van der Waals surface area contributed by atoms with Gasteiger partial charge in [-0.3, -0.25) is 19.2 Å². The van der Waals surface area contributed by atoms with Crippen LogP contribution in [0.4, 0.5) is 4.79 Å². The lowest BCUT2D eigenvalue weighted by Gasteiger charge is -2.38. The molecule has 0 radical (unpaired) electrons. The van der Waals surface area contributed by atoms with Crippen LogP contribution in [0.15, 0.2) is 12.7 Å². The molecule has 15 heteroatoms. The van der Waals surface area contributed by atoms with Crippen LogP contribution in [-0.4, -0.2) is 104 Å². The predicted molar refractivity (Wildman–Crippen MR) is 181 cm³/mol. The summed E-state index contributed by atoms with van der Waals surface area (Å²) in [5.74, 6) is -2.19. The second kappa shape index (κ2) is 16.6. The van der Waals surface area contributed by atoms with E-state index in [4.69, 9.17) is 0 Å². The van der Waals surface area contributed by atoms with E-state index in [0.717, 1.165) is 44.9 Å². The molecule has 5 N–H and O–H groups in total. The number of nitrogens with zero attached hydrogens (tertiary/aromatic N) is 2. The van der Waals surface area contributed by atoms with Gasteiger partial charge in [0.15, 0.2) is 0 Å². The van der Waals surface area contributed by atoms with Crippen molar-refractivity contribution in [3.05, 3.63) is 12.7 Å². The molecule has 0 spiro atoms. The van der Waals surface area contributed by atoms with Gasteiger partial charge in [0.25, 0.3) is 16.1 Å². The highest BCUT2D eigenvalue weighted by molar-refractivity contribution is 7.87. The van der Waals surface area contributed by atoms with Gasteiger partial charge in [0.1, 0.15) is 12.1 Å². The Bertz CT molecular complexity index is 1310. The van der Waals surface area contributed by atoms with Crippen LogP contribution < -0.4 is 26.0 Å². The summed E-state index contributed by atoms with van der Waals surface area (Å²) in [5.41, 5.74) is -0.496. The SMILES string of the molecule is C=CCNC(=O)C(=O)C(CC1CC1)NC(=O)[C@@H]1CCCN1C(=O)[C@@H](NC(=O)N[C@H](CN1CCCNS1(=O)=O)C(C)(C)C)C1CCCCC1. The smallest absolute Gasteiger partial charge is 0.315 e. The van der Waals surface area contributed by atoms with Crippen LogP contribution in [0.3, 0.4) is 0 Å². The van der Waals surface area contributed by atoms with Crippen LogP contribution >= 0.6 is 0 Å². The van der Waals surface area contributed by atoms with E-state index >= 15 is 0 Å². The fourth-order valence-corrected chi connectivity index (χ4v) is 8.16. The molecule has 14 nitrogen and oxygen atoms in total. The largest absolute Gasteiger partial charge is 0.346 e. The number of ketones is 1. The van der Waals surface area contributed by atoms with Gasteiger partial charge < -0.3 is 26.2 Å². The minimum absolute atomic E-state index is 0.0784. The van der Waals surface area contributed by atoms with Crippen molar-refractivity contribution in [1.29, 1.82) is 0 Å². The van der Waals surface area contributed by atoms with Gasteiger partial charge in [0.05, 0.1) is 6.04 Å². The molecule has 270 valence electrons. The molecule has 2 aliphatic carbocycles. The number of hydrogen-bond acceptors (Lipinski definition) is 7. The maximum Gasteiger partial charge on any atom is 0.315 e. The lowest BCUT2D eigenvalue weighted by Crippen LogP contribution is -2.61. The number of amides is 5. The molecule has 48 heavy (non-hydrogen) atoms. The molecular formula is C33H55N7O7S. The monoisotopic (exact) mass is 693 g/mol. The topological polar surface area (TPSA) is 186 Å². The van der Waals surface area contributed by atoms with Crippen molar-refractivity contribution < 1.29 is 32.4 Å². The number of nitrogens with one attached hydrogen (secondary N) is 5. The molecule has 2 saturated heterocycles. The van der Waals surface area contributed by atoms with Crippen LogP contribution in [0, 0.1) is 17.3 Å². The molecule has 2 aliphatic heterocycles. The van der Waals surface area contributed by atoms with Gasteiger partial charge in [-0.15, -0.1) is 6.58 Å². The van der Waals surface area contributed by atoms with Crippen molar-refractivity contribution in [3.8, 4) is 0 Å². The zero-order valence-electron chi connectivity index (χ0n) is 28.7. The van der Waals surface area contributed by atoms with Gasteiger partial charge in [-0.25, -0.2) is 9.52 Å². The first-order valence-electron chi connectivity index (χ1n) is 17.6.